The molecule has 1 amide bonds. The topological polar surface area (TPSA) is 77.8 Å². The van der Waals surface area contributed by atoms with Crippen LogP contribution in [0.4, 0.5) is 4.79 Å². The van der Waals surface area contributed by atoms with Gasteiger partial charge in [0.2, 0.25) is 0 Å². The Morgan fingerprint density at radius 1 is 1.42 bits per heavy atom. The Hall–Kier alpha value is -1.26. The zero-order valence-electron chi connectivity index (χ0n) is 6.36. The molecule has 0 aromatic rings. The lowest BCUT2D eigenvalue weighted by molar-refractivity contribution is -0.143. The first-order valence-corrected chi connectivity index (χ1v) is 3.77. The number of piperidine rings is 1. The molecule has 2 rings (SSSR count). The van der Waals surface area contributed by atoms with Crippen molar-refractivity contribution in [2.24, 2.45) is 11.3 Å². The van der Waals surface area contributed by atoms with E-state index in [0.717, 1.165) is 0 Å². The number of likely N-dealkylation sites (tertiary alicyclic amines) is 1. The fourth-order valence-electron chi connectivity index (χ4n) is 1.96. The van der Waals surface area contributed by atoms with Gasteiger partial charge in [0.25, 0.3) is 0 Å². The average Bonchev–Trinajstić information content (AvgIpc) is 2.55. The summed E-state index contributed by atoms with van der Waals surface area (Å²) in [6, 6.07) is 0. The molecular weight excluding hydrogens is 162 g/mol. The van der Waals surface area contributed by atoms with Crippen molar-refractivity contribution in [3.8, 4) is 0 Å². The molecule has 2 aliphatic rings. The van der Waals surface area contributed by atoms with Crippen LogP contribution >= 0.6 is 0 Å². The number of hydrogen-bond acceptors (Lipinski definition) is 2. The van der Waals surface area contributed by atoms with Gasteiger partial charge >= 0.3 is 12.1 Å². The maximum atomic E-state index is 10.7. The first kappa shape index (κ1) is 7.39. The third-order valence-corrected chi connectivity index (χ3v) is 2.84. The van der Waals surface area contributed by atoms with Crippen LogP contribution in [0, 0.1) is 11.3 Å². The molecule has 0 radical (unpaired) electrons. The highest BCUT2D eigenvalue weighted by Crippen LogP contribution is 2.57. The highest BCUT2D eigenvalue weighted by atomic mass is 16.4. The molecule has 0 aromatic heterocycles. The minimum atomic E-state index is -1.01. The van der Waals surface area contributed by atoms with E-state index in [2.05, 4.69) is 0 Å². The molecule has 0 aromatic carbocycles. The molecule has 0 spiro atoms. The minimum Gasteiger partial charge on any atom is -0.481 e. The first-order valence-electron chi connectivity index (χ1n) is 3.77. The lowest BCUT2D eigenvalue weighted by Crippen LogP contribution is -2.32. The summed E-state index contributed by atoms with van der Waals surface area (Å²) in [5, 5.41) is 17.4. The number of rotatable bonds is 1. The van der Waals surface area contributed by atoms with E-state index in [1.54, 1.807) is 0 Å². The molecule has 1 aliphatic carbocycles. The molecule has 1 aliphatic heterocycles. The SMILES string of the molecule is O=C(O)N1CC2CC2(C(=O)O)C1. The van der Waals surface area contributed by atoms with Crippen LogP contribution in [0.1, 0.15) is 6.42 Å². The maximum Gasteiger partial charge on any atom is 0.407 e. The van der Waals surface area contributed by atoms with Crippen LogP contribution in [-0.4, -0.2) is 40.3 Å². The maximum absolute atomic E-state index is 10.7. The molecule has 1 saturated carbocycles. The summed E-state index contributed by atoms with van der Waals surface area (Å²) in [7, 11) is 0. The second kappa shape index (κ2) is 1.91. The van der Waals surface area contributed by atoms with Crippen molar-refractivity contribution in [3.05, 3.63) is 0 Å². The van der Waals surface area contributed by atoms with E-state index in [0.29, 0.717) is 13.0 Å². The van der Waals surface area contributed by atoms with Gasteiger partial charge in [-0.05, 0) is 12.3 Å². The summed E-state index contributed by atoms with van der Waals surface area (Å²) in [5.74, 6) is -0.789. The van der Waals surface area contributed by atoms with Gasteiger partial charge in [0.1, 0.15) is 0 Å². The van der Waals surface area contributed by atoms with Gasteiger partial charge in [0, 0.05) is 13.1 Å². The number of carbonyl (C=O) groups is 2. The van der Waals surface area contributed by atoms with Gasteiger partial charge in [-0.3, -0.25) is 4.79 Å². The standard InChI is InChI=1S/C7H9NO4/c9-5(10)7-1-4(7)2-8(3-7)6(11)12/h4H,1-3H2,(H,9,10)(H,11,12). The van der Waals surface area contributed by atoms with Crippen molar-refractivity contribution in [2.75, 3.05) is 13.1 Å². The van der Waals surface area contributed by atoms with Gasteiger partial charge in [-0.2, -0.15) is 0 Å². The molecule has 1 saturated heterocycles. The van der Waals surface area contributed by atoms with E-state index in [1.165, 1.54) is 4.90 Å². The monoisotopic (exact) mass is 171 g/mol. The third kappa shape index (κ3) is 0.732. The highest BCUT2D eigenvalue weighted by Gasteiger charge is 2.66. The molecule has 5 heteroatoms. The second-order valence-electron chi connectivity index (χ2n) is 3.53. The zero-order valence-corrected chi connectivity index (χ0v) is 6.36. The Kier molecular flexibility index (Phi) is 1.18. The van der Waals surface area contributed by atoms with Gasteiger partial charge in [0.05, 0.1) is 5.41 Å². The Balaban J connectivity index is 2.10. The molecule has 2 fully saturated rings. The van der Waals surface area contributed by atoms with Crippen LogP contribution in [0.25, 0.3) is 0 Å². The summed E-state index contributed by atoms with van der Waals surface area (Å²) in [5.41, 5.74) is -0.724. The Morgan fingerprint density at radius 3 is 2.42 bits per heavy atom. The van der Waals surface area contributed by atoms with E-state index in [-0.39, 0.29) is 12.5 Å². The van der Waals surface area contributed by atoms with Crippen LogP contribution in [0.2, 0.25) is 0 Å². The van der Waals surface area contributed by atoms with Crippen molar-refractivity contribution >= 4 is 12.1 Å². The van der Waals surface area contributed by atoms with Crippen molar-refractivity contribution < 1.29 is 19.8 Å². The largest absolute Gasteiger partial charge is 0.481 e. The summed E-state index contributed by atoms with van der Waals surface area (Å²) in [4.78, 5) is 22.4. The van der Waals surface area contributed by atoms with Crippen molar-refractivity contribution in [1.29, 1.82) is 0 Å². The van der Waals surface area contributed by atoms with Gasteiger partial charge in [-0.1, -0.05) is 0 Å². The van der Waals surface area contributed by atoms with E-state index < -0.39 is 17.5 Å². The van der Waals surface area contributed by atoms with Gasteiger partial charge in [-0.25, -0.2) is 4.79 Å². The third-order valence-electron chi connectivity index (χ3n) is 2.84. The average molecular weight is 171 g/mol. The molecule has 2 N–H and O–H groups in total. The van der Waals surface area contributed by atoms with E-state index in [9.17, 15) is 9.59 Å². The molecule has 0 bridgehead atoms. The molecule has 12 heavy (non-hydrogen) atoms. The van der Waals surface area contributed by atoms with E-state index in [4.69, 9.17) is 10.2 Å². The quantitative estimate of drug-likeness (QED) is 0.585. The Morgan fingerprint density at radius 2 is 2.08 bits per heavy atom. The van der Waals surface area contributed by atoms with Crippen molar-refractivity contribution in [1.82, 2.24) is 4.90 Å². The fourth-order valence-corrected chi connectivity index (χ4v) is 1.96. The van der Waals surface area contributed by atoms with Gasteiger partial charge in [0.15, 0.2) is 0 Å². The van der Waals surface area contributed by atoms with E-state index in [1.807, 2.05) is 0 Å². The molecule has 2 atom stereocenters. The fraction of sp³-hybridized carbons (Fsp3) is 0.714. The molecule has 1 heterocycles. The van der Waals surface area contributed by atoms with Crippen LogP contribution in [0.3, 0.4) is 0 Å². The van der Waals surface area contributed by atoms with Crippen LogP contribution < -0.4 is 0 Å². The van der Waals surface area contributed by atoms with Gasteiger partial charge in [-0.15, -0.1) is 0 Å². The molecule has 2 unspecified atom stereocenters. The Bertz CT molecular complexity index is 264. The minimum absolute atomic E-state index is 0.0612. The zero-order chi connectivity index (χ0) is 8.93. The number of nitrogens with zero attached hydrogens (tertiary/aromatic N) is 1. The summed E-state index contributed by atoms with van der Waals surface area (Å²) < 4.78 is 0. The number of carboxylic acid groups (broad SMARTS) is 2. The van der Waals surface area contributed by atoms with E-state index >= 15 is 0 Å². The molecule has 66 valence electrons. The second-order valence-corrected chi connectivity index (χ2v) is 3.53. The predicted octanol–water partition coefficient (Wildman–Crippen LogP) is 0.0709. The van der Waals surface area contributed by atoms with Crippen LogP contribution in [-0.2, 0) is 4.79 Å². The summed E-state index contributed by atoms with van der Waals surface area (Å²) in [6.45, 7) is 0.559. The number of carboxylic acids is 1. The number of hydrogen-bond donors (Lipinski definition) is 2. The normalized spacial score (nSPS) is 37.7. The summed E-state index contributed by atoms with van der Waals surface area (Å²) >= 11 is 0. The predicted molar refractivity (Wildman–Crippen MR) is 37.8 cm³/mol. The number of amides is 1. The highest BCUT2D eigenvalue weighted by molar-refractivity contribution is 5.81. The number of aliphatic carboxylic acids is 1. The number of fused-ring (bicyclic) bond motifs is 1. The van der Waals surface area contributed by atoms with Crippen LogP contribution in [0.15, 0.2) is 0 Å². The lowest BCUT2D eigenvalue weighted by Gasteiger charge is -2.14. The smallest absolute Gasteiger partial charge is 0.407 e. The first-order chi connectivity index (χ1) is 5.56. The molecule has 5 nitrogen and oxygen atoms in total. The Labute approximate surface area is 68.6 Å². The molecular formula is C7H9NO4. The lowest BCUT2D eigenvalue weighted by atomic mass is 10.1. The van der Waals surface area contributed by atoms with Crippen LogP contribution in [0.5, 0.6) is 0 Å². The van der Waals surface area contributed by atoms with Crippen molar-refractivity contribution in [3.63, 3.8) is 0 Å². The van der Waals surface area contributed by atoms with Crippen molar-refractivity contribution in [2.45, 2.75) is 6.42 Å². The summed E-state index contributed by atoms with van der Waals surface area (Å²) in [6.07, 6.45) is -0.366. The van der Waals surface area contributed by atoms with Gasteiger partial charge < -0.3 is 15.1 Å².